The average molecular weight is 322 g/mol. The molecule has 0 heterocycles. The zero-order valence-corrected chi connectivity index (χ0v) is 12.2. The number of carboxylic acid groups (broad SMARTS) is 1. The molecule has 0 bridgehead atoms. The second kappa shape index (κ2) is 7.04. The van der Waals surface area contributed by atoms with E-state index >= 15 is 0 Å². The molecule has 0 saturated heterocycles. The van der Waals surface area contributed by atoms with Crippen LogP contribution in [-0.2, 0) is 4.79 Å². The maximum atomic E-state index is 12.9. The minimum Gasteiger partial charge on any atom is -0.481 e. The van der Waals surface area contributed by atoms with Gasteiger partial charge < -0.3 is 10.4 Å². The highest BCUT2D eigenvalue weighted by Crippen LogP contribution is 2.20. The molecule has 4 nitrogen and oxygen atoms in total. The van der Waals surface area contributed by atoms with Gasteiger partial charge in [0.2, 0.25) is 0 Å². The molecule has 1 amide bonds. The van der Waals surface area contributed by atoms with Crippen molar-refractivity contribution in [3.8, 4) is 0 Å². The molecule has 114 valence electrons. The molecule has 0 radical (unpaired) electrons. The van der Waals surface area contributed by atoms with Crippen molar-refractivity contribution >= 4 is 23.5 Å². The zero-order valence-electron chi connectivity index (χ0n) is 11.4. The average Bonchev–Trinajstić information content (AvgIpc) is 2.47. The highest BCUT2D eigenvalue weighted by atomic mass is 35.5. The molecular formula is C16H13ClFNO3. The van der Waals surface area contributed by atoms with Crippen molar-refractivity contribution in [2.45, 2.75) is 12.5 Å². The molecule has 0 aliphatic heterocycles. The number of nitrogens with one attached hydrogen (secondary N) is 1. The molecule has 2 aromatic carbocycles. The molecular weight excluding hydrogens is 309 g/mol. The number of rotatable bonds is 5. The Morgan fingerprint density at radius 3 is 2.23 bits per heavy atom. The lowest BCUT2D eigenvalue weighted by Crippen LogP contribution is -2.30. The van der Waals surface area contributed by atoms with E-state index in [0.29, 0.717) is 10.6 Å². The molecule has 1 atom stereocenters. The number of aliphatic carboxylic acids is 1. The first-order valence-corrected chi connectivity index (χ1v) is 6.87. The highest BCUT2D eigenvalue weighted by molar-refractivity contribution is 6.30. The Labute approximate surface area is 131 Å². The number of hydrogen-bond donors (Lipinski definition) is 2. The first-order chi connectivity index (χ1) is 10.5. The summed E-state index contributed by atoms with van der Waals surface area (Å²) in [6, 6.07) is 10.9. The quantitative estimate of drug-likeness (QED) is 0.886. The molecule has 0 aromatic heterocycles. The monoisotopic (exact) mass is 321 g/mol. The van der Waals surface area contributed by atoms with Gasteiger partial charge in [-0.25, -0.2) is 4.39 Å². The van der Waals surface area contributed by atoms with Crippen LogP contribution in [0.2, 0.25) is 5.02 Å². The lowest BCUT2D eigenvalue weighted by molar-refractivity contribution is -0.137. The number of benzene rings is 2. The first kappa shape index (κ1) is 16.0. The summed E-state index contributed by atoms with van der Waals surface area (Å²) in [5.41, 5.74) is 0.882. The molecule has 0 spiro atoms. The maximum absolute atomic E-state index is 12.9. The third kappa shape index (κ3) is 4.30. The molecule has 0 unspecified atom stereocenters. The van der Waals surface area contributed by atoms with Crippen LogP contribution in [0.4, 0.5) is 4.39 Å². The highest BCUT2D eigenvalue weighted by Gasteiger charge is 2.19. The van der Waals surface area contributed by atoms with Crippen LogP contribution in [0.25, 0.3) is 0 Å². The van der Waals surface area contributed by atoms with Crippen LogP contribution in [0.5, 0.6) is 0 Å². The van der Waals surface area contributed by atoms with Crippen molar-refractivity contribution in [1.29, 1.82) is 0 Å². The fourth-order valence-corrected chi connectivity index (χ4v) is 2.09. The summed E-state index contributed by atoms with van der Waals surface area (Å²) >= 11 is 5.80. The van der Waals surface area contributed by atoms with Crippen molar-refractivity contribution in [3.05, 3.63) is 70.5 Å². The van der Waals surface area contributed by atoms with Gasteiger partial charge in [-0.15, -0.1) is 0 Å². The fraction of sp³-hybridized carbons (Fsp3) is 0.125. The van der Waals surface area contributed by atoms with Crippen molar-refractivity contribution in [2.75, 3.05) is 0 Å². The molecule has 0 aliphatic carbocycles. The molecule has 6 heteroatoms. The molecule has 0 aliphatic rings. The Balaban J connectivity index is 2.19. The molecule has 0 saturated carbocycles. The smallest absolute Gasteiger partial charge is 0.305 e. The summed E-state index contributed by atoms with van der Waals surface area (Å²) in [4.78, 5) is 23.1. The summed E-state index contributed by atoms with van der Waals surface area (Å²) in [6.07, 6.45) is -0.269. The number of hydrogen-bond acceptors (Lipinski definition) is 2. The van der Waals surface area contributed by atoms with Crippen molar-refractivity contribution in [3.63, 3.8) is 0 Å². The SMILES string of the molecule is O=C(O)C[C@H](NC(=O)c1ccc(F)cc1)c1ccc(Cl)cc1. The van der Waals surface area contributed by atoms with Gasteiger partial charge in [0.1, 0.15) is 5.82 Å². The molecule has 2 rings (SSSR count). The van der Waals surface area contributed by atoms with Crippen molar-refractivity contribution in [2.24, 2.45) is 0 Å². The standard InChI is InChI=1S/C16H13ClFNO3/c17-12-5-1-10(2-6-12)14(9-15(20)21)19-16(22)11-3-7-13(18)8-4-11/h1-8,14H,9H2,(H,19,22)(H,20,21)/t14-/m0/s1. The fourth-order valence-electron chi connectivity index (χ4n) is 1.96. The third-order valence-electron chi connectivity index (χ3n) is 3.06. The van der Waals surface area contributed by atoms with Gasteiger partial charge in [-0.05, 0) is 42.0 Å². The lowest BCUT2D eigenvalue weighted by atomic mass is 10.0. The Morgan fingerprint density at radius 2 is 1.68 bits per heavy atom. The second-order valence-corrected chi connectivity index (χ2v) is 5.12. The van der Waals surface area contributed by atoms with Gasteiger partial charge in [0.05, 0.1) is 12.5 Å². The predicted molar refractivity (Wildman–Crippen MR) is 80.3 cm³/mol. The Hall–Kier alpha value is -2.40. The summed E-state index contributed by atoms with van der Waals surface area (Å²) in [7, 11) is 0. The second-order valence-electron chi connectivity index (χ2n) is 4.68. The topological polar surface area (TPSA) is 66.4 Å². The van der Waals surface area contributed by atoms with Gasteiger partial charge in [0, 0.05) is 10.6 Å². The van der Waals surface area contributed by atoms with Crippen LogP contribution in [0, 0.1) is 5.82 Å². The zero-order chi connectivity index (χ0) is 16.1. The van der Waals surface area contributed by atoms with E-state index in [4.69, 9.17) is 16.7 Å². The van der Waals surface area contributed by atoms with E-state index in [9.17, 15) is 14.0 Å². The number of amides is 1. The Bertz CT molecular complexity index is 671. The van der Waals surface area contributed by atoms with Crippen LogP contribution in [0.3, 0.4) is 0 Å². The van der Waals surface area contributed by atoms with Gasteiger partial charge >= 0.3 is 5.97 Å². The van der Waals surface area contributed by atoms with Crippen molar-refractivity contribution in [1.82, 2.24) is 5.32 Å². The minimum atomic E-state index is -1.04. The Morgan fingerprint density at radius 1 is 1.09 bits per heavy atom. The van der Waals surface area contributed by atoms with Gasteiger partial charge in [-0.1, -0.05) is 23.7 Å². The van der Waals surface area contributed by atoms with E-state index in [-0.39, 0.29) is 12.0 Å². The summed E-state index contributed by atoms with van der Waals surface area (Å²) in [5.74, 6) is -1.96. The van der Waals surface area contributed by atoms with Gasteiger partial charge in [0.25, 0.3) is 5.91 Å². The van der Waals surface area contributed by atoms with E-state index in [0.717, 1.165) is 0 Å². The van der Waals surface area contributed by atoms with Crippen LogP contribution in [0.15, 0.2) is 48.5 Å². The predicted octanol–water partition coefficient (Wildman–Crippen LogP) is 3.42. The van der Waals surface area contributed by atoms with Gasteiger partial charge in [0.15, 0.2) is 0 Å². The largest absolute Gasteiger partial charge is 0.481 e. The van der Waals surface area contributed by atoms with E-state index in [2.05, 4.69) is 5.32 Å². The van der Waals surface area contributed by atoms with E-state index in [1.807, 2.05) is 0 Å². The summed E-state index contributed by atoms with van der Waals surface area (Å²) < 4.78 is 12.9. The lowest BCUT2D eigenvalue weighted by Gasteiger charge is -2.17. The third-order valence-corrected chi connectivity index (χ3v) is 3.31. The molecule has 22 heavy (non-hydrogen) atoms. The molecule has 2 aromatic rings. The van der Waals surface area contributed by atoms with E-state index in [1.54, 1.807) is 24.3 Å². The number of carboxylic acids is 1. The van der Waals surface area contributed by atoms with Crippen LogP contribution in [-0.4, -0.2) is 17.0 Å². The van der Waals surface area contributed by atoms with Crippen LogP contribution in [0.1, 0.15) is 28.4 Å². The number of halogens is 2. The van der Waals surface area contributed by atoms with Gasteiger partial charge in [-0.3, -0.25) is 9.59 Å². The van der Waals surface area contributed by atoms with E-state index < -0.39 is 23.7 Å². The number of carbonyl (C=O) groups excluding carboxylic acids is 1. The molecule has 0 fully saturated rings. The van der Waals surface area contributed by atoms with Crippen molar-refractivity contribution < 1.29 is 19.1 Å². The first-order valence-electron chi connectivity index (χ1n) is 6.49. The molecule has 2 N–H and O–H groups in total. The van der Waals surface area contributed by atoms with Crippen LogP contribution < -0.4 is 5.32 Å². The Kier molecular flexibility index (Phi) is 5.12. The maximum Gasteiger partial charge on any atom is 0.305 e. The van der Waals surface area contributed by atoms with Crippen LogP contribution >= 0.6 is 11.6 Å². The van der Waals surface area contributed by atoms with E-state index in [1.165, 1.54) is 24.3 Å². The number of carbonyl (C=O) groups is 2. The summed E-state index contributed by atoms with van der Waals surface area (Å²) in [5, 5.41) is 12.1. The normalized spacial score (nSPS) is 11.7. The minimum absolute atomic E-state index is 0.255. The summed E-state index contributed by atoms with van der Waals surface area (Å²) in [6.45, 7) is 0. The van der Waals surface area contributed by atoms with Gasteiger partial charge in [-0.2, -0.15) is 0 Å².